The molecule has 0 spiro atoms. The normalized spacial score (nSPS) is 12.1. The molecule has 2 rings (SSSR count). The fourth-order valence-corrected chi connectivity index (χ4v) is 2.34. The molecule has 7 N–H and O–H groups in total. The largest absolute Gasteiger partial charge is 0.508 e. The Balaban J connectivity index is 0.000000646. The van der Waals surface area contributed by atoms with E-state index in [0.29, 0.717) is 11.8 Å². The first-order chi connectivity index (χ1) is 12.5. The molecule has 0 saturated heterocycles. The van der Waals surface area contributed by atoms with Gasteiger partial charge >= 0.3 is 7.82 Å². The molecule has 0 radical (unpaired) electrons. The quantitative estimate of drug-likeness (QED) is 0.276. The van der Waals surface area contributed by atoms with Gasteiger partial charge in [0.2, 0.25) is 0 Å². The molecular weight excluding hydrogens is 373 g/mol. The summed E-state index contributed by atoms with van der Waals surface area (Å²) < 4.78 is 8.88. The lowest BCUT2D eigenvalue weighted by Crippen LogP contribution is -2.28. The van der Waals surface area contributed by atoms with Gasteiger partial charge in [0.15, 0.2) is 11.5 Å². The van der Waals surface area contributed by atoms with Gasteiger partial charge in [-0.15, -0.1) is 0 Å². The van der Waals surface area contributed by atoms with Crippen molar-refractivity contribution in [3.05, 3.63) is 53.6 Å². The number of aryl methyl sites for hydroxylation is 1. The van der Waals surface area contributed by atoms with Crippen molar-refractivity contribution < 1.29 is 34.6 Å². The first kappa shape index (κ1) is 23.0. The molecule has 0 aliphatic rings. The van der Waals surface area contributed by atoms with Crippen LogP contribution in [0.2, 0.25) is 0 Å². The van der Waals surface area contributed by atoms with E-state index < -0.39 is 7.82 Å². The van der Waals surface area contributed by atoms with Gasteiger partial charge < -0.3 is 35.3 Å². The van der Waals surface area contributed by atoms with Crippen molar-refractivity contribution in [3.8, 4) is 17.2 Å². The number of phenolic OH excluding ortho intramolecular Hbond substituents is 3. The number of hydrogen-bond donors (Lipinski definition) is 7. The van der Waals surface area contributed by atoms with Crippen LogP contribution < -0.4 is 5.32 Å². The number of benzene rings is 2. The molecule has 0 bridgehead atoms. The summed E-state index contributed by atoms with van der Waals surface area (Å²) in [5.74, 6) is 0.143. The van der Waals surface area contributed by atoms with E-state index in [0.717, 1.165) is 31.4 Å². The standard InChI is InChI=1S/C18H23NO3.H3O4P/c1-13(2-3-14-4-7-16(20)8-5-14)19-11-10-15-6-9-17(21)18(22)12-15;1-5(2,3)4/h4-9,12-13,19-22H,2-3,10-11H2,1H3;(H3,1,2,3,4). The third kappa shape index (κ3) is 11.3. The van der Waals surface area contributed by atoms with E-state index in [1.807, 2.05) is 18.2 Å². The molecule has 1 unspecified atom stereocenters. The van der Waals surface area contributed by atoms with Crippen LogP contribution in [-0.2, 0) is 17.4 Å². The molecule has 2 aromatic carbocycles. The SMILES string of the molecule is CC(CCc1ccc(O)cc1)NCCc1ccc(O)c(O)c1.O=P(O)(O)O. The molecule has 8 nitrogen and oxygen atoms in total. The van der Waals surface area contributed by atoms with Crippen molar-refractivity contribution in [3.63, 3.8) is 0 Å². The summed E-state index contributed by atoms with van der Waals surface area (Å²) in [6.45, 7) is 2.97. The van der Waals surface area contributed by atoms with Gasteiger partial charge in [0.1, 0.15) is 5.75 Å². The van der Waals surface area contributed by atoms with Crippen LogP contribution in [0.15, 0.2) is 42.5 Å². The number of phenols is 3. The fourth-order valence-electron chi connectivity index (χ4n) is 2.34. The van der Waals surface area contributed by atoms with E-state index in [1.165, 1.54) is 11.6 Å². The summed E-state index contributed by atoms with van der Waals surface area (Å²) >= 11 is 0. The highest BCUT2D eigenvalue weighted by Crippen LogP contribution is 2.26. The molecule has 27 heavy (non-hydrogen) atoms. The average molecular weight is 399 g/mol. The minimum Gasteiger partial charge on any atom is -0.508 e. The van der Waals surface area contributed by atoms with Crippen molar-refractivity contribution in [1.29, 1.82) is 0 Å². The second-order valence-corrected chi connectivity index (χ2v) is 7.17. The number of hydrogen-bond acceptors (Lipinski definition) is 5. The Morgan fingerprint density at radius 3 is 2.00 bits per heavy atom. The second-order valence-electron chi connectivity index (χ2n) is 6.15. The smallest absolute Gasteiger partial charge is 0.466 e. The van der Waals surface area contributed by atoms with Crippen LogP contribution in [0.1, 0.15) is 24.5 Å². The Morgan fingerprint density at radius 2 is 1.44 bits per heavy atom. The second kappa shape index (κ2) is 10.9. The van der Waals surface area contributed by atoms with Crippen LogP contribution in [0, 0.1) is 0 Å². The summed E-state index contributed by atoms with van der Waals surface area (Å²) in [5, 5.41) is 31.4. The van der Waals surface area contributed by atoms with Gasteiger partial charge in [-0.25, -0.2) is 4.57 Å². The van der Waals surface area contributed by atoms with Crippen molar-refractivity contribution in [2.75, 3.05) is 6.54 Å². The lowest BCUT2D eigenvalue weighted by Gasteiger charge is -2.14. The van der Waals surface area contributed by atoms with E-state index in [9.17, 15) is 15.3 Å². The molecule has 0 amide bonds. The van der Waals surface area contributed by atoms with E-state index in [-0.39, 0.29) is 11.5 Å². The van der Waals surface area contributed by atoms with Crippen molar-refractivity contribution in [1.82, 2.24) is 5.32 Å². The number of rotatable bonds is 7. The van der Waals surface area contributed by atoms with Crippen molar-refractivity contribution >= 4 is 7.82 Å². The number of aromatic hydroxyl groups is 3. The van der Waals surface area contributed by atoms with Crippen molar-refractivity contribution in [2.24, 2.45) is 0 Å². The van der Waals surface area contributed by atoms with Crippen LogP contribution in [0.3, 0.4) is 0 Å². The van der Waals surface area contributed by atoms with Crippen LogP contribution in [-0.4, -0.2) is 42.6 Å². The zero-order valence-corrected chi connectivity index (χ0v) is 15.9. The number of nitrogens with one attached hydrogen (secondary N) is 1. The summed E-state index contributed by atoms with van der Waals surface area (Å²) in [6, 6.07) is 12.6. The predicted molar refractivity (Wildman–Crippen MR) is 102 cm³/mol. The molecule has 0 heterocycles. The lowest BCUT2D eigenvalue weighted by molar-refractivity contribution is 0.275. The highest BCUT2D eigenvalue weighted by molar-refractivity contribution is 7.45. The van der Waals surface area contributed by atoms with Gasteiger partial charge in [-0.3, -0.25) is 0 Å². The Bertz CT molecular complexity index is 738. The predicted octanol–water partition coefficient (Wildman–Crippen LogP) is 2.03. The maximum absolute atomic E-state index is 9.45. The molecule has 2 aromatic rings. The summed E-state index contributed by atoms with van der Waals surface area (Å²) in [7, 11) is -4.64. The minimum atomic E-state index is -4.64. The van der Waals surface area contributed by atoms with Crippen LogP contribution in [0.4, 0.5) is 0 Å². The highest BCUT2D eigenvalue weighted by Gasteiger charge is 2.04. The number of phosphoric acid groups is 1. The molecule has 0 saturated carbocycles. The van der Waals surface area contributed by atoms with E-state index in [4.69, 9.17) is 19.2 Å². The lowest BCUT2D eigenvalue weighted by atomic mass is 10.1. The third-order valence-corrected chi connectivity index (χ3v) is 3.75. The van der Waals surface area contributed by atoms with E-state index in [2.05, 4.69) is 12.2 Å². The molecule has 0 fully saturated rings. The molecular formula is C18H26NO7P. The Kier molecular flexibility index (Phi) is 9.28. The molecule has 0 aromatic heterocycles. The first-order valence-corrected chi connectivity index (χ1v) is 9.91. The van der Waals surface area contributed by atoms with E-state index >= 15 is 0 Å². The van der Waals surface area contributed by atoms with Gasteiger partial charge in [-0.1, -0.05) is 18.2 Å². The van der Waals surface area contributed by atoms with Crippen molar-refractivity contribution in [2.45, 2.75) is 32.2 Å². The van der Waals surface area contributed by atoms with Gasteiger partial charge in [0, 0.05) is 6.04 Å². The maximum atomic E-state index is 9.45. The highest BCUT2D eigenvalue weighted by atomic mass is 31.2. The summed E-state index contributed by atoms with van der Waals surface area (Å²) in [4.78, 5) is 21.6. The van der Waals surface area contributed by atoms with Gasteiger partial charge in [-0.2, -0.15) is 0 Å². The van der Waals surface area contributed by atoms with Gasteiger partial charge in [0.25, 0.3) is 0 Å². The zero-order chi connectivity index (χ0) is 20.4. The molecule has 1 atom stereocenters. The minimum absolute atomic E-state index is 0.0714. The Morgan fingerprint density at radius 1 is 0.889 bits per heavy atom. The van der Waals surface area contributed by atoms with Crippen LogP contribution in [0.25, 0.3) is 0 Å². The summed E-state index contributed by atoms with van der Waals surface area (Å²) in [6.07, 6.45) is 2.79. The summed E-state index contributed by atoms with van der Waals surface area (Å²) in [5.41, 5.74) is 2.21. The Labute approximate surface area is 158 Å². The zero-order valence-electron chi connectivity index (χ0n) is 15.0. The first-order valence-electron chi connectivity index (χ1n) is 8.35. The van der Waals surface area contributed by atoms with Crippen LogP contribution in [0.5, 0.6) is 17.2 Å². The molecule has 0 aliphatic carbocycles. The third-order valence-electron chi connectivity index (χ3n) is 3.75. The van der Waals surface area contributed by atoms with Gasteiger partial charge in [-0.05, 0) is 68.1 Å². The molecule has 9 heteroatoms. The van der Waals surface area contributed by atoms with Crippen LogP contribution >= 0.6 is 7.82 Å². The monoisotopic (exact) mass is 399 g/mol. The van der Waals surface area contributed by atoms with Gasteiger partial charge in [0.05, 0.1) is 0 Å². The fraction of sp³-hybridized carbons (Fsp3) is 0.333. The topological polar surface area (TPSA) is 150 Å². The molecule has 0 aliphatic heterocycles. The van der Waals surface area contributed by atoms with E-state index in [1.54, 1.807) is 18.2 Å². The maximum Gasteiger partial charge on any atom is 0.466 e. The Hall–Kier alpha value is -2.09. The average Bonchev–Trinajstić information content (AvgIpc) is 2.56. The molecule has 150 valence electrons.